The average molecular weight is 595 g/mol. The molecule has 1 aliphatic heterocycles. The van der Waals surface area contributed by atoms with Crippen molar-refractivity contribution in [2.75, 3.05) is 6.54 Å². The van der Waals surface area contributed by atoms with Crippen LogP contribution >= 0.6 is 19.0 Å². The lowest BCUT2D eigenvalue weighted by molar-refractivity contribution is -0.142. The molecule has 1 aromatic rings. The number of nitrogens with zero attached hydrogens (tertiary/aromatic N) is 2. The summed E-state index contributed by atoms with van der Waals surface area (Å²) < 4.78 is 19.2. The molecule has 4 rings (SSSR count). The van der Waals surface area contributed by atoms with Crippen LogP contribution in [0.1, 0.15) is 71.4 Å². The van der Waals surface area contributed by atoms with Crippen molar-refractivity contribution in [1.82, 2.24) is 20.5 Å². The molecule has 0 bridgehead atoms. The summed E-state index contributed by atoms with van der Waals surface area (Å²) in [6.45, 7) is 9.65. The quantitative estimate of drug-likeness (QED) is 0.216. The zero-order valence-electron chi connectivity index (χ0n) is 23.4. The van der Waals surface area contributed by atoms with Gasteiger partial charge < -0.3 is 25.2 Å². The van der Waals surface area contributed by atoms with E-state index in [4.69, 9.17) is 16.3 Å². The minimum absolute atomic E-state index is 0.148. The standard InChI is InChI=1S/C28H40ClN4O6P/c1-5-18-16-28(18,40(37,38)17-19-10-8-14-22(29)30-19)32-24(34)21-13-9-15-33(21)25(35)23(27(2,3)4)31-26(36)39-20-11-6-7-12-20/h5,8,10,14,18,20-21,23H,1,6-7,9,11-13,15-17H2,2-4H3,(H,31,36)(H,32,34)(H,37,38)/t18-,21+,23?,28+/m1/s1. The fourth-order valence-corrected chi connectivity index (χ4v) is 8.28. The fraction of sp³-hybridized carbons (Fsp3) is 0.643. The summed E-state index contributed by atoms with van der Waals surface area (Å²) in [6.07, 6.45) is 5.42. The van der Waals surface area contributed by atoms with E-state index in [1.54, 1.807) is 24.3 Å². The molecule has 2 unspecified atom stereocenters. The van der Waals surface area contributed by atoms with Gasteiger partial charge in [0.2, 0.25) is 19.2 Å². The summed E-state index contributed by atoms with van der Waals surface area (Å²) in [6, 6.07) is 3.10. The molecule has 10 nitrogen and oxygen atoms in total. The number of likely N-dealkylation sites (tertiary alicyclic amines) is 1. The highest BCUT2D eigenvalue weighted by Crippen LogP contribution is 2.70. The Labute approximate surface area is 240 Å². The van der Waals surface area contributed by atoms with Gasteiger partial charge in [0.05, 0.1) is 11.9 Å². The van der Waals surface area contributed by atoms with Crippen LogP contribution in [0.5, 0.6) is 0 Å². The van der Waals surface area contributed by atoms with Crippen molar-refractivity contribution >= 4 is 36.9 Å². The Balaban J connectivity index is 1.48. The largest absolute Gasteiger partial charge is 0.446 e. The van der Waals surface area contributed by atoms with Crippen LogP contribution in [0, 0.1) is 11.3 Å². The first kappa shape index (κ1) is 30.5. The number of ether oxygens (including phenoxy) is 1. The number of halogens is 1. The first-order chi connectivity index (χ1) is 18.8. The van der Waals surface area contributed by atoms with Gasteiger partial charge in [-0.1, -0.05) is 44.5 Å². The van der Waals surface area contributed by atoms with Crippen LogP contribution in [0.4, 0.5) is 4.79 Å². The second-order valence-corrected chi connectivity index (χ2v) is 15.1. The molecule has 0 spiro atoms. The predicted molar refractivity (Wildman–Crippen MR) is 152 cm³/mol. The molecule has 1 aromatic heterocycles. The van der Waals surface area contributed by atoms with Gasteiger partial charge in [-0.2, -0.15) is 0 Å². The van der Waals surface area contributed by atoms with E-state index in [9.17, 15) is 23.8 Å². The maximum Gasteiger partial charge on any atom is 0.408 e. The lowest BCUT2D eigenvalue weighted by Crippen LogP contribution is -2.58. The molecule has 40 heavy (non-hydrogen) atoms. The van der Waals surface area contributed by atoms with Crippen LogP contribution < -0.4 is 10.6 Å². The Morgan fingerprint density at radius 3 is 2.58 bits per heavy atom. The van der Waals surface area contributed by atoms with E-state index in [0.717, 1.165) is 25.7 Å². The molecule has 220 valence electrons. The van der Waals surface area contributed by atoms with Crippen LogP contribution in [0.3, 0.4) is 0 Å². The Morgan fingerprint density at radius 2 is 1.98 bits per heavy atom. The third-order valence-corrected chi connectivity index (χ3v) is 11.0. The smallest absolute Gasteiger partial charge is 0.408 e. The summed E-state index contributed by atoms with van der Waals surface area (Å²) in [5.41, 5.74) is -0.297. The minimum atomic E-state index is -4.02. The molecule has 3 aliphatic rings. The van der Waals surface area contributed by atoms with Gasteiger partial charge in [0, 0.05) is 12.5 Å². The molecular formula is C28H40ClN4O6P. The molecule has 0 radical (unpaired) electrons. The summed E-state index contributed by atoms with van der Waals surface area (Å²) in [5.74, 6) is -1.27. The molecule has 2 heterocycles. The van der Waals surface area contributed by atoms with Crippen LogP contribution in [-0.4, -0.2) is 62.7 Å². The minimum Gasteiger partial charge on any atom is -0.446 e. The summed E-state index contributed by atoms with van der Waals surface area (Å²) in [5, 5.41) is 4.42. The van der Waals surface area contributed by atoms with E-state index in [1.807, 2.05) is 20.8 Å². The topological polar surface area (TPSA) is 138 Å². The highest BCUT2D eigenvalue weighted by atomic mass is 35.5. The van der Waals surface area contributed by atoms with Gasteiger partial charge in [-0.15, -0.1) is 6.58 Å². The number of hydrogen-bond acceptors (Lipinski definition) is 6. The number of carbonyl (C=O) groups is 3. The third kappa shape index (κ3) is 6.55. The van der Waals surface area contributed by atoms with Crippen LogP contribution in [0.25, 0.3) is 0 Å². The van der Waals surface area contributed by atoms with Crippen LogP contribution in [-0.2, 0) is 25.1 Å². The summed E-state index contributed by atoms with van der Waals surface area (Å²) in [7, 11) is -4.02. The Kier molecular flexibility index (Phi) is 9.03. The SMILES string of the molecule is C=C[C@@H]1C[C@]1(NC(=O)[C@@H]1CCCN1C(=O)C(NC(=O)OC1CCCC1)C(C)(C)C)P(=O)(O)Cc1cccc(Cl)n1. The fourth-order valence-electron chi connectivity index (χ4n) is 5.81. The average Bonchev–Trinajstić information content (AvgIpc) is 3.20. The monoisotopic (exact) mass is 594 g/mol. The molecule has 5 atom stereocenters. The molecule has 3 amide bonds. The third-order valence-electron chi connectivity index (χ3n) is 8.17. The van der Waals surface area contributed by atoms with Crippen LogP contribution in [0.15, 0.2) is 30.9 Å². The van der Waals surface area contributed by atoms with Crippen molar-refractivity contribution < 1.29 is 28.6 Å². The highest BCUT2D eigenvalue weighted by molar-refractivity contribution is 7.59. The highest BCUT2D eigenvalue weighted by Gasteiger charge is 2.65. The number of amides is 3. The molecule has 12 heteroatoms. The maximum absolute atomic E-state index is 13.8. The first-order valence-electron chi connectivity index (χ1n) is 13.9. The van der Waals surface area contributed by atoms with E-state index in [-0.39, 0.29) is 29.7 Å². The van der Waals surface area contributed by atoms with Gasteiger partial charge in [0.1, 0.15) is 28.6 Å². The van der Waals surface area contributed by atoms with Crippen molar-refractivity contribution in [2.24, 2.45) is 11.3 Å². The lowest BCUT2D eigenvalue weighted by Gasteiger charge is -2.36. The van der Waals surface area contributed by atoms with E-state index in [2.05, 4.69) is 22.2 Å². The molecule has 0 aromatic carbocycles. The van der Waals surface area contributed by atoms with Gasteiger partial charge in [-0.05, 0) is 62.5 Å². The normalized spacial score (nSPS) is 27.0. The molecule has 3 N–H and O–H groups in total. The van der Waals surface area contributed by atoms with E-state index in [0.29, 0.717) is 25.1 Å². The summed E-state index contributed by atoms with van der Waals surface area (Å²) >= 11 is 5.97. The molecular weight excluding hydrogens is 555 g/mol. The zero-order chi connectivity index (χ0) is 29.3. The molecule has 1 saturated heterocycles. The number of pyridine rings is 1. The number of nitrogens with one attached hydrogen (secondary N) is 2. The van der Waals surface area contributed by atoms with Gasteiger partial charge >= 0.3 is 6.09 Å². The number of hydrogen-bond donors (Lipinski definition) is 3. The van der Waals surface area contributed by atoms with Gasteiger partial charge in [0.25, 0.3) is 0 Å². The van der Waals surface area contributed by atoms with Gasteiger partial charge in [0.15, 0.2) is 0 Å². The number of aromatic nitrogens is 1. The van der Waals surface area contributed by atoms with Gasteiger partial charge in [-0.3, -0.25) is 14.2 Å². The Hall–Kier alpha value is -2.42. The van der Waals surface area contributed by atoms with Gasteiger partial charge in [-0.25, -0.2) is 9.78 Å². The predicted octanol–water partition coefficient (Wildman–Crippen LogP) is 4.60. The second-order valence-electron chi connectivity index (χ2n) is 12.2. The van der Waals surface area contributed by atoms with Crippen molar-refractivity contribution in [3.8, 4) is 0 Å². The van der Waals surface area contributed by atoms with E-state index < -0.39 is 48.1 Å². The number of alkyl carbamates (subject to hydrolysis) is 1. The van der Waals surface area contributed by atoms with Crippen molar-refractivity contribution in [2.45, 2.75) is 95.3 Å². The van der Waals surface area contributed by atoms with Crippen molar-refractivity contribution in [3.05, 3.63) is 41.7 Å². The molecule has 2 saturated carbocycles. The van der Waals surface area contributed by atoms with E-state index in [1.165, 1.54) is 4.90 Å². The first-order valence-corrected chi connectivity index (χ1v) is 16.2. The Bertz CT molecular complexity index is 1200. The van der Waals surface area contributed by atoms with Crippen molar-refractivity contribution in [3.63, 3.8) is 0 Å². The Morgan fingerprint density at radius 1 is 1.27 bits per heavy atom. The lowest BCUT2D eigenvalue weighted by atomic mass is 9.85. The number of carbonyl (C=O) groups excluding carboxylic acids is 3. The van der Waals surface area contributed by atoms with Crippen molar-refractivity contribution in [1.29, 1.82) is 0 Å². The zero-order valence-corrected chi connectivity index (χ0v) is 25.0. The second kappa shape index (κ2) is 11.8. The molecule has 3 fully saturated rings. The maximum atomic E-state index is 13.8. The van der Waals surface area contributed by atoms with Crippen LogP contribution in [0.2, 0.25) is 5.15 Å². The number of rotatable bonds is 9. The molecule has 2 aliphatic carbocycles. The van der Waals surface area contributed by atoms with E-state index >= 15 is 0 Å². The summed E-state index contributed by atoms with van der Waals surface area (Å²) in [4.78, 5) is 56.9.